The molecule has 0 saturated carbocycles. The molecule has 0 bridgehead atoms. The van der Waals surface area contributed by atoms with Crippen LogP contribution in [-0.2, 0) is 6.61 Å². The predicted octanol–water partition coefficient (Wildman–Crippen LogP) is 5.98. The molecular formula is C21H18ClNO. The van der Waals surface area contributed by atoms with Crippen molar-refractivity contribution in [2.75, 3.05) is 0 Å². The number of aryl methyl sites for hydroxylation is 1. The van der Waals surface area contributed by atoms with E-state index in [9.17, 15) is 0 Å². The summed E-state index contributed by atoms with van der Waals surface area (Å²) in [4.78, 5) is 4.47. The first-order valence-corrected chi connectivity index (χ1v) is 8.15. The van der Waals surface area contributed by atoms with E-state index in [1.165, 1.54) is 0 Å². The molecule has 0 heterocycles. The number of rotatable bonds is 5. The summed E-state index contributed by atoms with van der Waals surface area (Å²) in [5, 5.41) is 0.726. The van der Waals surface area contributed by atoms with Gasteiger partial charge in [-0.1, -0.05) is 60.1 Å². The summed E-state index contributed by atoms with van der Waals surface area (Å²) in [6.45, 7) is 2.53. The number of nitrogens with zero attached hydrogens (tertiary/aromatic N) is 1. The van der Waals surface area contributed by atoms with Crippen LogP contribution in [0.2, 0.25) is 5.02 Å². The zero-order chi connectivity index (χ0) is 16.8. The number of halogens is 1. The normalized spacial score (nSPS) is 10.9. The molecule has 0 unspecified atom stereocenters. The van der Waals surface area contributed by atoms with Crippen molar-refractivity contribution >= 4 is 23.5 Å². The molecule has 0 aliphatic rings. The molecule has 120 valence electrons. The number of hydrogen-bond acceptors (Lipinski definition) is 2. The number of hydrogen-bond donors (Lipinski definition) is 0. The van der Waals surface area contributed by atoms with Crippen LogP contribution in [0.3, 0.4) is 0 Å². The maximum absolute atomic E-state index is 6.13. The van der Waals surface area contributed by atoms with Crippen LogP contribution in [0.25, 0.3) is 0 Å². The van der Waals surface area contributed by atoms with E-state index in [-0.39, 0.29) is 0 Å². The maximum Gasteiger partial charge on any atom is 0.120 e. The highest BCUT2D eigenvalue weighted by molar-refractivity contribution is 6.31. The number of aliphatic imine (C=N–C) groups is 1. The van der Waals surface area contributed by atoms with Crippen molar-refractivity contribution in [1.82, 2.24) is 0 Å². The summed E-state index contributed by atoms with van der Waals surface area (Å²) in [5.41, 5.74) is 4.01. The van der Waals surface area contributed by atoms with E-state index in [0.717, 1.165) is 33.1 Å². The standard InChI is InChI=1S/C21H18ClNO/c1-16-10-11-19(13-21(16)22)23-14-18-8-5-9-20(12-18)24-15-17-6-3-2-4-7-17/h2-14H,15H2,1H3. The largest absolute Gasteiger partial charge is 0.489 e. The van der Waals surface area contributed by atoms with Crippen molar-refractivity contribution in [2.24, 2.45) is 4.99 Å². The molecule has 0 aliphatic heterocycles. The quantitative estimate of drug-likeness (QED) is 0.526. The maximum atomic E-state index is 6.13. The van der Waals surface area contributed by atoms with E-state index in [2.05, 4.69) is 4.99 Å². The van der Waals surface area contributed by atoms with Gasteiger partial charge in [-0.15, -0.1) is 0 Å². The Balaban J connectivity index is 1.68. The van der Waals surface area contributed by atoms with Crippen molar-refractivity contribution in [3.63, 3.8) is 0 Å². The second-order valence-corrected chi connectivity index (χ2v) is 5.95. The Kier molecular flexibility index (Phi) is 5.29. The zero-order valence-corrected chi connectivity index (χ0v) is 14.2. The van der Waals surface area contributed by atoms with Crippen LogP contribution < -0.4 is 4.74 Å². The van der Waals surface area contributed by atoms with E-state index in [1.54, 1.807) is 0 Å². The lowest BCUT2D eigenvalue weighted by Gasteiger charge is -2.06. The average Bonchev–Trinajstić information content (AvgIpc) is 2.62. The van der Waals surface area contributed by atoms with Crippen molar-refractivity contribution in [1.29, 1.82) is 0 Å². The molecule has 2 nitrogen and oxygen atoms in total. The van der Waals surface area contributed by atoms with Crippen LogP contribution >= 0.6 is 11.6 Å². The molecule has 3 heteroatoms. The minimum absolute atomic E-state index is 0.551. The molecule has 0 aromatic heterocycles. The first kappa shape index (κ1) is 16.3. The van der Waals surface area contributed by atoms with Crippen molar-refractivity contribution in [3.8, 4) is 5.75 Å². The molecule has 3 rings (SSSR count). The van der Waals surface area contributed by atoms with Crippen molar-refractivity contribution < 1.29 is 4.74 Å². The average molecular weight is 336 g/mol. The minimum atomic E-state index is 0.551. The van der Waals surface area contributed by atoms with Gasteiger partial charge in [0.15, 0.2) is 0 Å². The van der Waals surface area contributed by atoms with Crippen molar-refractivity contribution in [2.45, 2.75) is 13.5 Å². The van der Waals surface area contributed by atoms with Gasteiger partial charge in [0, 0.05) is 11.2 Å². The summed E-state index contributed by atoms with van der Waals surface area (Å²) < 4.78 is 5.84. The lowest BCUT2D eigenvalue weighted by atomic mass is 10.2. The molecule has 0 atom stereocenters. The first-order chi connectivity index (χ1) is 11.7. The molecule has 24 heavy (non-hydrogen) atoms. The second kappa shape index (κ2) is 7.80. The highest BCUT2D eigenvalue weighted by Crippen LogP contribution is 2.22. The Hall–Kier alpha value is -2.58. The minimum Gasteiger partial charge on any atom is -0.489 e. The summed E-state index contributed by atoms with van der Waals surface area (Å²) in [5.74, 6) is 0.824. The van der Waals surface area contributed by atoms with Gasteiger partial charge in [0.05, 0.1) is 5.69 Å². The Morgan fingerprint density at radius 3 is 2.58 bits per heavy atom. The Labute approximate surface area is 147 Å². The fourth-order valence-corrected chi connectivity index (χ4v) is 2.41. The van der Waals surface area contributed by atoms with E-state index in [1.807, 2.05) is 85.9 Å². The van der Waals surface area contributed by atoms with Crippen LogP contribution in [0.15, 0.2) is 77.8 Å². The lowest BCUT2D eigenvalue weighted by molar-refractivity contribution is 0.306. The molecule has 0 radical (unpaired) electrons. The molecular weight excluding hydrogens is 318 g/mol. The Morgan fingerprint density at radius 1 is 0.958 bits per heavy atom. The molecule has 0 fully saturated rings. The smallest absolute Gasteiger partial charge is 0.120 e. The summed E-state index contributed by atoms with van der Waals surface area (Å²) in [6, 6.07) is 23.8. The lowest BCUT2D eigenvalue weighted by Crippen LogP contribution is -1.95. The van der Waals surface area contributed by atoms with Gasteiger partial charge in [0.1, 0.15) is 12.4 Å². The highest BCUT2D eigenvalue weighted by atomic mass is 35.5. The second-order valence-electron chi connectivity index (χ2n) is 5.54. The van der Waals surface area contributed by atoms with Gasteiger partial charge < -0.3 is 4.74 Å². The van der Waals surface area contributed by atoms with Crippen molar-refractivity contribution in [3.05, 3.63) is 94.5 Å². The molecule has 0 spiro atoms. The fourth-order valence-electron chi connectivity index (χ4n) is 2.24. The Morgan fingerprint density at radius 2 is 1.79 bits per heavy atom. The van der Waals surface area contributed by atoms with Gasteiger partial charge in [0.25, 0.3) is 0 Å². The van der Waals surface area contributed by atoms with E-state index in [0.29, 0.717) is 6.61 Å². The number of benzene rings is 3. The molecule has 3 aromatic carbocycles. The van der Waals surface area contributed by atoms with Gasteiger partial charge in [-0.05, 0) is 47.9 Å². The summed E-state index contributed by atoms with van der Waals surface area (Å²) in [7, 11) is 0. The van der Waals surface area contributed by atoms with Crippen LogP contribution in [0, 0.1) is 6.92 Å². The van der Waals surface area contributed by atoms with Crippen LogP contribution in [-0.4, -0.2) is 6.21 Å². The van der Waals surface area contributed by atoms with Crippen LogP contribution in [0.1, 0.15) is 16.7 Å². The Bertz CT molecular complexity index is 843. The SMILES string of the molecule is Cc1ccc(N=Cc2cccc(OCc3ccccc3)c2)cc1Cl. The van der Waals surface area contributed by atoms with E-state index < -0.39 is 0 Å². The van der Waals surface area contributed by atoms with Gasteiger partial charge in [-0.25, -0.2) is 0 Å². The monoisotopic (exact) mass is 335 g/mol. The van der Waals surface area contributed by atoms with Gasteiger partial charge in [-0.3, -0.25) is 4.99 Å². The van der Waals surface area contributed by atoms with Crippen LogP contribution in [0.5, 0.6) is 5.75 Å². The van der Waals surface area contributed by atoms with Gasteiger partial charge in [-0.2, -0.15) is 0 Å². The predicted molar refractivity (Wildman–Crippen MR) is 101 cm³/mol. The molecule has 0 amide bonds. The molecule has 3 aromatic rings. The first-order valence-electron chi connectivity index (χ1n) is 7.78. The summed E-state index contributed by atoms with van der Waals surface area (Å²) in [6.07, 6.45) is 1.82. The third-order valence-electron chi connectivity index (χ3n) is 3.62. The zero-order valence-electron chi connectivity index (χ0n) is 13.4. The van der Waals surface area contributed by atoms with Gasteiger partial charge >= 0.3 is 0 Å². The highest BCUT2D eigenvalue weighted by Gasteiger charge is 1.98. The topological polar surface area (TPSA) is 21.6 Å². The summed E-state index contributed by atoms with van der Waals surface area (Å²) >= 11 is 6.13. The number of ether oxygens (including phenoxy) is 1. The third-order valence-corrected chi connectivity index (χ3v) is 4.03. The van der Waals surface area contributed by atoms with E-state index >= 15 is 0 Å². The molecule has 0 N–H and O–H groups in total. The third kappa shape index (κ3) is 4.46. The molecule has 0 saturated heterocycles. The molecule has 0 aliphatic carbocycles. The van der Waals surface area contributed by atoms with Crippen LogP contribution in [0.4, 0.5) is 5.69 Å². The van der Waals surface area contributed by atoms with E-state index in [4.69, 9.17) is 16.3 Å². The fraction of sp³-hybridized carbons (Fsp3) is 0.0952. The van der Waals surface area contributed by atoms with Gasteiger partial charge in [0.2, 0.25) is 0 Å².